The Bertz CT molecular complexity index is 538. The van der Waals surface area contributed by atoms with Crippen molar-refractivity contribution in [2.24, 2.45) is 0 Å². The van der Waals surface area contributed by atoms with E-state index in [1.54, 1.807) is 0 Å². The topological polar surface area (TPSA) is 41.9 Å². The van der Waals surface area contributed by atoms with Gasteiger partial charge in [-0.25, -0.2) is 0 Å². The standard InChI is InChI=1S/C21H33NO3/c1-2-3-4-5-6-15-24-18-7-8-20-19(16-18)21(17-25-20)9-11-22(12-10-21)13-14-23/h7-8,16,23H,2-6,9-15,17H2,1H3. The second-order valence-corrected chi connectivity index (χ2v) is 7.55. The van der Waals surface area contributed by atoms with Gasteiger partial charge in [0.05, 0.1) is 19.8 Å². The van der Waals surface area contributed by atoms with Crippen LogP contribution in [0.5, 0.6) is 11.5 Å². The molecule has 2 aliphatic rings. The van der Waals surface area contributed by atoms with Crippen LogP contribution in [0.3, 0.4) is 0 Å². The van der Waals surface area contributed by atoms with Crippen molar-refractivity contribution in [3.63, 3.8) is 0 Å². The second kappa shape index (κ2) is 8.91. The van der Waals surface area contributed by atoms with E-state index in [2.05, 4.69) is 24.0 Å². The van der Waals surface area contributed by atoms with Crippen molar-refractivity contribution >= 4 is 0 Å². The summed E-state index contributed by atoms with van der Waals surface area (Å²) in [6.45, 7) is 6.93. The van der Waals surface area contributed by atoms with E-state index in [-0.39, 0.29) is 12.0 Å². The Labute approximate surface area is 152 Å². The van der Waals surface area contributed by atoms with Gasteiger partial charge in [0.15, 0.2) is 0 Å². The maximum Gasteiger partial charge on any atom is 0.123 e. The zero-order chi connectivity index (χ0) is 17.5. The first-order valence-corrected chi connectivity index (χ1v) is 10.0. The predicted octanol–water partition coefficient (Wildman–Crippen LogP) is 3.75. The molecular formula is C21H33NO3. The summed E-state index contributed by atoms with van der Waals surface area (Å²) >= 11 is 0. The molecular weight excluding hydrogens is 314 g/mol. The van der Waals surface area contributed by atoms with E-state index >= 15 is 0 Å². The van der Waals surface area contributed by atoms with Gasteiger partial charge in [-0.3, -0.25) is 0 Å². The quantitative estimate of drug-likeness (QED) is 0.691. The number of aliphatic hydroxyl groups excluding tert-OH is 1. The molecule has 0 aromatic heterocycles. The van der Waals surface area contributed by atoms with Crippen LogP contribution in [-0.4, -0.2) is 49.5 Å². The molecule has 4 nitrogen and oxygen atoms in total. The lowest BCUT2D eigenvalue weighted by Crippen LogP contribution is -2.44. The van der Waals surface area contributed by atoms with Gasteiger partial charge >= 0.3 is 0 Å². The molecule has 3 rings (SSSR count). The van der Waals surface area contributed by atoms with Crippen LogP contribution in [0, 0.1) is 0 Å². The SMILES string of the molecule is CCCCCCCOc1ccc2c(c1)C1(CCN(CCO)CC1)CO2. The highest BCUT2D eigenvalue weighted by Gasteiger charge is 2.43. The highest BCUT2D eigenvalue weighted by atomic mass is 16.5. The first-order valence-electron chi connectivity index (χ1n) is 10.0. The van der Waals surface area contributed by atoms with Crippen LogP contribution in [0.25, 0.3) is 0 Å². The zero-order valence-corrected chi connectivity index (χ0v) is 15.6. The first kappa shape index (κ1) is 18.5. The number of likely N-dealkylation sites (tertiary alicyclic amines) is 1. The summed E-state index contributed by atoms with van der Waals surface area (Å²) in [5, 5.41) is 9.14. The number of fused-ring (bicyclic) bond motifs is 2. The van der Waals surface area contributed by atoms with Crippen molar-refractivity contribution in [1.82, 2.24) is 4.90 Å². The van der Waals surface area contributed by atoms with Gasteiger partial charge in [0.25, 0.3) is 0 Å². The van der Waals surface area contributed by atoms with Gasteiger partial charge in [0, 0.05) is 17.5 Å². The van der Waals surface area contributed by atoms with E-state index in [4.69, 9.17) is 14.6 Å². The Morgan fingerprint density at radius 3 is 2.72 bits per heavy atom. The van der Waals surface area contributed by atoms with E-state index in [0.29, 0.717) is 0 Å². The van der Waals surface area contributed by atoms with E-state index < -0.39 is 0 Å². The van der Waals surface area contributed by atoms with E-state index in [1.807, 2.05) is 6.07 Å². The summed E-state index contributed by atoms with van der Waals surface area (Å²) in [6.07, 6.45) is 8.50. The van der Waals surface area contributed by atoms with Crippen LogP contribution in [0.15, 0.2) is 18.2 Å². The summed E-state index contributed by atoms with van der Waals surface area (Å²) in [6, 6.07) is 6.34. The van der Waals surface area contributed by atoms with Crippen molar-refractivity contribution in [2.45, 2.75) is 57.3 Å². The molecule has 0 radical (unpaired) electrons. The van der Waals surface area contributed by atoms with E-state index in [1.165, 1.54) is 31.2 Å². The number of β-amino-alcohol motifs (C(OH)–C–C–N with tert-alkyl or cyclic N) is 1. The molecule has 1 aromatic rings. The fourth-order valence-electron chi connectivity index (χ4n) is 4.09. The van der Waals surface area contributed by atoms with Gasteiger partial charge in [-0.1, -0.05) is 32.6 Å². The highest BCUT2D eigenvalue weighted by molar-refractivity contribution is 5.48. The monoisotopic (exact) mass is 347 g/mol. The van der Waals surface area contributed by atoms with E-state index in [0.717, 1.165) is 63.6 Å². The third-order valence-electron chi connectivity index (χ3n) is 5.77. The predicted molar refractivity (Wildman–Crippen MR) is 101 cm³/mol. The van der Waals surface area contributed by atoms with Crippen molar-refractivity contribution in [1.29, 1.82) is 0 Å². The number of benzene rings is 1. The number of nitrogens with zero attached hydrogens (tertiary/aromatic N) is 1. The maximum atomic E-state index is 9.14. The molecule has 0 atom stereocenters. The van der Waals surface area contributed by atoms with Crippen LogP contribution in [0.1, 0.15) is 57.4 Å². The largest absolute Gasteiger partial charge is 0.494 e. The van der Waals surface area contributed by atoms with Gasteiger partial charge in [-0.2, -0.15) is 0 Å². The molecule has 25 heavy (non-hydrogen) atoms. The molecule has 2 heterocycles. The molecule has 1 N–H and O–H groups in total. The summed E-state index contributed by atoms with van der Waals surface area (Å²) in [7, 11) is 0. The average molecular weight is 347 g/mol. The molecule has 0 amide bonds. The number of hydrogen-bond donors (Lipinski definition) is 1. The van der Waals surface area contributed by atoms with Crippen molar-refractivity contribution < 1.29 is 14.6 Å². The lowest BCUT2D eigenvalue weighted by atomic mass is 9.74. The number of piperidine rings is 1. The molecule has 0 bridgehead atoms. The fraction of sp³-hybridized carbons (Fsp3) is 0.714. The zero-order valence-electron chi connectivity index (χ0n) is 15.6. The molecule has 0 aliphatic carbocycles. The van der Waals surface area contributed by atoms with Gasteiger partial charge < -0.3 is 19.5 Å². The van der Waals surface area contributed by atoms with Crippen molar-refractivity contribution in [2.75, 3.05) is 39.5 Å². The maximum absolute atomic E-state index is 9.14. The fourth-order valence-corrected chi connectivity index (χ4v) is 4.09. The second-order valence-electron chi connectivity index (χ2n) is 7.55. The van der Waals surface area contributed by atoms with Crippen LogP contribution >= 0.6 is 0 Å². The molecule has 0 unspecified atom stereocenters. The summed E-state index contributed by atoms with van der Waals surface area (Å²) in [5.74, 6) is 2.02. The lowest BCUT2D eigenvalue weighted by Gasteiger charge is -2.38. The highest BCUT2D eigenvalue weighted by Crippen LogP contribution is 2.46. The van der Waals surface area contributed by atoms with Gasteiger partial charge in [-0.15, -0.1) is 0 Å². The molecule has 1 fully saturated rings. The number of hydrogen-bond acceptors (Lipinski definition) is 4. The Hall–Kier alpha value is -1.26. The number of aliphatic hydroxyl groups is 1. The van der Waals surface area contributed by atoms with E-state index in [9.17, 15) is 0 Å². The van der Waals surface area contributed by atoms with Gasteiger partial charge in [0.1, 0.15) is 11.5 Å². The van der Waals surface area contributed by atoms with Crippen LogP contribution < -0.4 is 9.47 Å². The molecule has 1 saturated heterocycles. The van der Waals surface area contributed by atoms with Crippen molar-refractivity contribution in [3.8, 4) is 11.5 Å². The summed E-state index contributed by atoms with van der Waals surface area (Å²) in [5.41, 5.74) is 1.47. The molecule has 140 valence electrons. The van der Waals surface area contributed by atoms with Gasteiger partial charge in [-0.05, 0) is 50.6 Å². The molecule has 4 heteroatoms. The molecule has 1 aromatic carbocycles. The minimum absolute atomic E-state index is 0.141. The smallest absolute Gasteiger partial charge is 0.123 e. The normalized spacial score (nSPS) is 19.0. The summed E-state index contributed by atoms with van der Waals surface area (Å²) in [4.78, 5) is 2.35. The minimum Gasteiger partial charge on any atom is -0.494 e. The Kier molecular flexibility index (Phi) is 6.60. The molecule has 2 aliphatic heterocycles. The van der Waals surface area contributed by atoms with Crippen LogP contribution in [0.4, 0.5) is 0 Å². The Morgan fingerprint density at radius 2 is 1.96 bits per heavy atom. The Morgan fingerprint density at radius 1 is 1.16 bits per heavy atom. The molecule has 0 saturated carbocycles. The third-order valence-corrected chi connectivity index (χ3v) is 5.77. The number of unbranched alkanes of at least 4 members (excludes halogenated alkanes) is 4. The number of rotatable bonds is 9. The average Bonchev–Trinajstić information content (AvgIpc) is 2.98. The number of ether oxygens (including phenoxy) is 2. The van der Waals surface area contributed by atoms with Crippen molar-refractivity contribution in [3.05, 3.63) is 23.8 Å². The van der Waals surface area contributed by atoms with Gasteiger partial charge in [0.2, 0.25) is 0 Å². The minimum atomic E-state index is 0.141. The molecule has 1 spiro atoms. The summed E-state index contributed by atoms with van der Waals surface area (Å²) < 4.78 is 12.0. The third kappa shape index (κ3) is 4.48. The van der Waals surface area contributed by atoms with Crippen LogP contribution in [0.2, 0.25) is 0 Å². The van der Waals surface area contributed by atoms with Crippen LogP contribution in [-0.2, 0) is 5.41 Å². The first-order chi connectivity index (χ1) is 12.3. The lowest BCUT2D eigenvalue weighted by molar-refractivity contribution is 0.116. The Balaban J connectivity index is 1.56.